The molecule has 8 heteroatoms. The van der Waals surface area contributed by atoms with Gasteiger partial charge in [-0.25, -0.2) is 0 Å². The van der Waals surface area contributed by atoms with Crippen molar-refractivity contribution in [2.75, 3.05) is 0 Å². The zero-order valence-electron chi connectivity index (χ0n) is 12.3. The third kappa shape index (κ3) is 2.50. The summed E-state index contributed by atoms with van der Waals surface area (Å²) >= 11 is 0. The number of carbonyl (C=O) groups excluding carboxylic acids is 1. The fourth-order valence-corrected chi connectivity index (χ4v) is 3.21. The van der Waals surface area contributed by atoms with Crippen molar-refractivity contribution in [3.05, 3.63) is 30.1 Å². The van der Waals surface area contributed by atoms with E-state index < -0.39 is 23.7 Å². The lowest BCUT2D eigenvalue weighted by Crippen LogP contribution is -2.61. The van der Waals surface area contributed by atoms with Crippen LogP contribution in [0, 0.1) is 5.92 Å². The molecule has 3 rings (SSSR count). The maximum Gasteiger partial charge on any atom is 0.439 e. The normalized spacial score (nSPS) is 28.1. The molecule has 2 heterocycles. The van der Waals surface area contributed by atoms with Gasteiger partial charge in [-0.1, -0.05) is 12.8 Å². The van der Waals surface area contributed by atoms with Crippen LogP contribution >= 0.6 is 0 Å². The molecule has 2 aliphatic rings. The Kier molecular flexibility index (Phi) is 3.87. The predicted molar refractivity (Wildman–Crippen MR) is 75.4 cm³/mol. The molecule has 0 aromatic carbocycles. The van der Waals surface area contributed by atoms with E-state index in [4.69, 9.17) is 0 Å². The smallest absolute Gasteiger partial charge is 0.362 e. The molecule has 1 aromatic rings. The number of carbonyl (C=O) groups is 1. The molecule has 23 heavy (non-hydrogen) atoms. The number of nitrogens with zero attached hydrogens (tertiary/aromatic N) is 3. The van der Waals surface area contributed by atoms with E-state index in [0.717, 1.165) is 6.42 Å². The maximum atomic E-state index is 13.6. The summed E-state index contributed by atoms with van der Waals surface area (Å²) in [5.74, 6) is -2.18. The van der Waals surface area contributed by atoms with Crippen molar-refractivity contribution in [3.63, 3.8) is 0 Å². The highest BCUT2D eigenvalue weighted by Crippen LogP contribution is 2.47. The van der Waals surface area contributed by atoms with Gasteiger partial charge in [0.2, 0.25) is 0 Å². The van der Waals surface area contributed by atoms with Crippen LogP contribution in [0.2, 0.25) is 0 Å². The molecule has 2 atom stereocenters. The van der Waals surface area contributed by atoms with E-state index in [1.54, 1.807) is 0 Å². The Hall–Kier alpha value is -1.96. The third-order valence-corrected chi connectivity index (χ3v) is 4.40. The SMILES string of the molecule is O=C(c1ccncc1)N1N=C2CCCCC[C@H]2[C@]1(O)C(F)(F)F. The van der Waals surface area contributed by atoms with Gasteiger partial charge < -0.3 is 5.11 Å². The molecular formula is C15H16F3N3O2. The molecule has 1 N–H and O–H groups in total. The molecule has 0 unspecified atom stereocenters. The van der Waals surface area contributed by atoms with E-state index in [1.807, 2.05) is 0 Å². The molecule has 1 aromatic heterocycles. The quantitative estimate of drug-likeness (QED) is 0.862. The number of alkyl halides is 3. The highest BCUT2D eigenvalue weighted by molar-refractivity contribution is 5.99. The summed E-state index contributed by atoms with van der Waals surface area (Å²) < 4.78 is 40.9. The van der Waals surface area contributed by atoms with Crippen molar-refractivity contribution in [1.82, 2.24) is 9.99 Å². The Morgan fingerprint density at radius 3 is 2.61 bits per heavy atom. The average Bonchev–Trinajstić information content (AvgIpc) is 2.68. The zero-order valence-corrected chi connectivity index (χ0v) is 12.3. The maximum absolute atomic E-state index is 13.6. The highest BCUT2D eigenvalue weighted by Gasteiger charge is 2.68. The lowest BCUT2D eigenvalue weighted by molar-refractivity contribution is -0.312. The molecule has 1 fully saturated rings. The largest absolute Gasteiger partial charge is 0.439 e. The number of aromatic nitrogens is 1. The van der Waals surface area contributed by atoms with E-state index in [0.29, 0.717) is 19.3 Å². The molecule has 0 bridgehead atoms. The minimum atomic E-state index is -4.99. The molecule has 0 saturated heterocycles. The lowest BCUT2D eigenvalue weighted by Gasteiger charge is -2.37. The number of fused-ring (bicyclic) bond motifs is 1. The fraction of sp³-hybridized carbons (Fsp3) is 0.533. The number of amides is 1. The Balaban J connectivity index is 2.04. The molecule has 1 aliphatic heterocycles. The van der Waals surface area contributed by atoms with Crippen LogP contribution in [0.25, 0.3) is 0 Å². The second kappa shape index (κ2) is 5.59. The number of hydrogen-bond donors (Lipinski definition) is 1. The van der Waals surface area contributed by atoms with E-state index in [9.17, 15) is 23.1 Å². The number of pyridine rings is 1. The number of aliphatic hydroxyl groups is 1. The van der Waals surface area contributed by atoms with E-state index in [-0.39, 0.29) is 22.7 Å². The van der Waals surface area contributed by atoms with Gasteiger partial charge in [-0.15, -0.1) is 0 Å². The minimum absolute atomic E-state index is 0.00323. The minimum Gasteiger partial charge on any atom is -0.362 e. The van der Waals surface area contributed by atoms with E-state index in [2.05, 4.69) is 10.1 Å². The second-order valence-electron chi connectivity index (χ2n) is 5.82. The summed E-state index contributed by atoms with van der Waals surface area (Å²) in [7, 11) is 0. The van der Waals surface area contributed by atoms with Crippen molar-refractivity contribution >= 4 is 11.6 Å². The van der Waals surface area contributed by atoms with Gasteiger partial charge in [-0.3, -0.25) is 9.78 Å². The van der Waals surface area contributed by atoms with E-state index in [1.165, 1.54) is 24.5 Å². The zero-order chi connectivity index (χ0) is 16.7. The van der Waals surface area contributed by atoms with Crippen LogP contribution < -0.4 is 0 Å². The van der Waals surface area contributed by atoms with Crippen LogP contribution in [0.3, 0.4) is 0 Å². The Morgan fingerprint density at radius 1 is 1.26 bits per heavy atom. The predicted octanol–water partition coefficient (Wildman–Crippen LogP) is 2.72. The van der Waals surface area contributed by atoms with Crippen LogP contribution in [-0.2, 0) is 0 Å². The molecule has 1 saturated carbocycles. The molecule has 1 amide bonds. The molecular weight excluding hydrogens is 311 g/mol. The van der Waals surface area contributed by atoms with Gasteiger partial charge in [0, 0.05) is 23.7 Å². The van der Waals surface area contributed by atoms with Crippen LogP contribution in [0.15, 0.2) is 29.6 Å². The topological polar surface area (TPSA) is 65.8 Å². The van der Waals surface area contributed by atoms with Gasteiger partial charge in [0.05, 0.1) is 5.92 Å². The number of halogens is 3. The van der Waals surface area contributed by atoms with Crippen molar-refractivity contribution in [1.29, 1.82) is 0 Å². The van der Waals surface area contributed by atoms with Gasteiger partial charge in [0.1, 0.15) is 0 Å². The van der Waals surface area contributed by atoms with Crippen LogP contribution in [0.4, 0.5) is 13.2 Å². The van der Waals surface area contributed by atoms with Gasteiger partial charge in [-0.2, -0.15) is 23.3 Å². The Labute approximate surface area is 130 Å². The number of hydrogen-bond acceptors (Lipinski definition) is 4. The van der Waals surface area contributed by atoms with Gasteiger partial charge in [0.15, 0.2) is 0 Å². The highest BCUT2D eigenvalue weighted by atomic mass is 19.4. The summed E-state index contributed by atoms with van der Waals surface area (Å²) in [6.07, 6.45) is 0.220. The van der Waals surface area contributed by atoms with Gasteiger partial charge >= 0.3 is 6.18 Å². The summed E-state index contributed by atoms with van der Waals surface area (Å²) in [5, 5.41) is 14.6. The van der Waals surface area contributed by atoms with Gasteiger partial charge in [0.25, 0.3) is 11.6 Å². The van der Waals surface area contributed by atoms with Crippen LogP contribution in [0.1, 0.15) is 42.5 Å². The first-order valence-corrected chi connectivity index (χ1v) is 7.47. The monoisotopic (exact) mass is 327 g/mol. The van der Waals surface area contributed by atoms with Crippen molar-refractivity contribution < 1.29 is 23.1 Å². The van der Waals surface area contributed by atoms with Gasteiger partial charge in [-0.05, 0) is 31.4 Å². The van der Waals surface area contributed by atoms with Crippen molar-refractivity contribution in [2.24, 2.45) is 11.0 Å². The van der Waals surface area contributed by atoms with Crippen LogP contribution in [-0.4, -0.2) is 38.6 Å². The van der Waals surface area contributed by atoms with Crippen molar-refractivity contribution in [2.45, 2.75) is 44.0 Å². The van der Waals surface area contributed by atoms with Crippen LogP contribution in [0.5, 0.6) is 0 Å². The van der Waals surface area contributed by atoms with E-state index >= 15 is 0 Å². The molecule has 5 nitrogen and oxygen atoms in total. The first-order chi connectivity index (χ1) is 10.9. The van der Waals surface area contributed by atoms with Crippen molar-refractivity contribution in [3.8, 4) is 0 Å². The summed E-state index contributed by atoms with van der Waals surface area (Å²) in [5.41, 5.74) is -3.03. The first-order valence-electron chi connectivity index (χ1n) is 7.47. The second-order valence-corrected chi connectivity index (χ2v) is 5.82. The molecule has 1 aliphatic carbocycles. The molecule has 0 radical (unpaired) electrons. The average molecular weight is 327 g/mol. The first kappa shape index (κ1) is 15.9. The summed E-state index contributed by atoms with van der Waals surface area (Å²) in [6, 6.07) is 2.60. The summed E-state index contributed by atoms with van der Waals surface area (Å²) in [4.78, 5) is 16.2. The Morgan fingerprint density at radius 2 is 1.96 bits per heavy atom. The standard InChI is InChI=1S/C15H16F3N3O2/c16-15(17,18)14(23)11-4-2-1-3-5-12(11)20-21(14)13(22)10-6-8-19-9-7-10/h6-9,11,23H,1-5H2/t11-,14+/m1/s1. The summed E-state index contributed by atoms with van der Waals surface area (Å²) in [6.45, 7) is 0. The number of hydrazone groups is 1. The number of rotatable bonds is 1. The fourth-order valence-electron chi connectivity index (χ4n) is 3.21. The molecule has 124 valence electrons. The lowest BCUT2D eigenvalue weighted by atomic mass is 9.87. The molecule has 0 spiro atoms. The third-order valence-electron chi connectivity index (χ3n) is 4.40. The Bertz CT molecular complexity index is 633.